The molecule has 0 radical (unpaired) electrons. The molecule has 0 saturated heterocycles. The average molecular weight is 364 g/mol. The van der Waals surface area contributed by atoms with Crippen molar-refractivity contribution in [3.05, 3.63) is 83.9 Å². The summed E-state index contributed by atoms with van der Waals surface area (Å²) in [6.45, 7) is 5.92. The van der Waals surface area contributed by atoms with Crippen molar-refractivity contribution in [3.63, 3.8) is 0 Å². The zero-order chi connectivity index (χ0) is 19.3. The fourth-order valence-electron chi connectivity index (χ4n) is 3.94. The number of carbonyl (C=O) groups is 2. The van der Waals surface area contributed by atoms with E-state index in [1.54, 1.807) is 13.0 Å². The first kappa shape index (κ1) is 18.9. The smallest absolute Gasteiger partial charge is 0.321 e. The molecule has 0 spiro atoms. The fourth-order valence-corrected chi connectivity index (χ4v) is 3.94. The normalized spacial score (nSPS) is 21.0. The van der Waals surface area contributed by atoms with Gasteiger partial charge in [0.15, 0.2) is 0 Å². The highest BCUT2D eigenvalue weighted by molar-refractivity contribution is 5.91. The summed E-state index contributed by atoms with van der Waals surface area (Å²) in [5.74, 6) is -0.931. The Morgan fingerprint density at radius 1 is 1.11 bits per heavy atom. The molecular weight excluding hydrogens is 340 g/mol. The second kappa shape index (κ2) is 8.21. The standard InChI is InChI=1S/C23H24O4/c1-3-16-27-22(25)23(17-10-6-5-7-11-17)15-14-19(21(24)26-4-2)18-12-8-9-13-20(18)23/h3,5-13,19H,1,4,14-16H2,2H3. The largest absolute Gasteiger partial charge is 0.466 e. The Labute approximate surface area is 159 Å². The van der Waals surface area contributed by atoms with Gasteiger partial charge >= 0.3 is 11.9 Å². The zero-order valence-electron chi connectivity index (χ0n) is 15.5. The van der Waals surface area contributed by atoms with Crippen molar-refractivity contribution in [1.29, 1.82) is 0 Å². The van der Waals surface area contributed by atoms with Crippen LogP contribution < -0.4 is 0 Å². The molecule has 0 bridgehead atoms. The molecule has 1 aliphatic carbocycles. The van der Waals surface area contributed by atoms with Crippen molar-refractivity contribution in [2.45, 2.75) is 31.1 Å². The van der Waals surface area contributed by atoms with Gasteiger partial charge < -0.3 is 9.47 Å². The summed E-state index contributed by atoms with van der Waals surface area (Å²) in [4.78, 5) is 25.8. The third-order valence-electron chi connectivity index (χ3n) is 5.12. The molecule has 1 aliphatic rings. The second-order valence-electron chi connectivity index (χ2n) is 6.59. The van der Waals surface area contributed by atoms with Crippen LogP contribution in [0.1, 0.15) is 42.4 Å². The summed E-state index contributed by atoms with van der Waals surface area (Å²) < 4.78 is 10.8. The minimum absolute atomic E-state index is 0.150. The Morgan fingerprint density at radius 3 is 2.52 bits per heavy atom. The molecule has 4 heteroatoms. The molecule has 4 nitrogen and oxygen atoms in total. The van der Waals surface area contributed by atoms with Gasteiger partial charge in [0.1, 0.15) is 12.0 Å². The van der Waals surface area contributed by atoms with Gasteiger partial charge in [-0.05, 0) is 36.5 Å². The molecule has 0 N–H and O–H groups in total. The number of esters is 2. The maximum atomic E-state index is 13.3. The molecule has 3 rings (SSSR count). The highest BCUT2D eigenvalue weighted by Gasteiger charge is 2.49. The van der Waals surface area contributed by atoms with E-state index < -0.39 is 5.41 Å². The number of fused-ring (bicyclic) bond motifs is 1. The van der Waals surface area contributed by atoms with Crippen LogP contribution in [-0.4, -0.2) is 25.2 Å². The average Bonchev–Trinajstić information content (AvgIpc) is 2.72. The van der Waals surface area contributed by atoms with Crippen LogP contribution in [0, 0.1) is 0 Å². The minimum atomic E-state index is -0.941. The van der Waals surface area contributed by atoms with Gasteiger partial charge in [0, 0.05) is 0 Å². The van der Waals surface area contributed by atoms with Crippen LogP contribution in [0.15, 0.2) is 67.3 Å². The van der Waals surface area contributed by atoms with Crippen LogP contribution in [0.25, 0.3) is 0 Å². The molecule has 2 atom stereocenters. The second-order valence-corrected chi connectivity index (χ2v) is 6.59. The first-order chi connectivity index (χ1) is 13.1. The highest BCUT2D eigenvalue weighted by atomic mass is 16.5. The zero-order valence-corrected chi connectivity index (χ0v) is 15.5. The Bertz CT molecular complexity index is 827. The molecule has 0 aliphatic heterocycles. The predicted molar refractivity (Wildman–Crippen MR) is 103 cm³/mol. The molecule has 0 amide bonds. The van der Waals surface area contributed by atoms with Gasteiger partial charge in [-0.1, -0.05) is 67.3 Å². The Hall–Kier alpha value is -2.88. The van der Waals surface area contributed by atoms with Gasteiger partial charge in [-0.3, -0.25) is 9.59 Å². The van der Waals surface area contributed by atoms with E-state index >= 15 is 0 Å². The summed E-state index contributed by atoms with van der Waals surface area (Å²) in [5.41, 5.74) is 1.58. The first-order valence-electron chi connectivity index (χ1n) is 9.24. The summed E-state index contributed by atoms with van der Waals surface area (Å²) in [5, 5.41) is 0. The van der Waals surface area contributed by atoms with Crippen molar-refractivity contribution in [2.75, 3.05) is 13.2 Å². The minimum Gasteiger partial charge on any atom is -0.466 e. The molecule has 27 heavy (non-hydrogen) atoms. The first-order valence-corrected chi connectivity index (χ1v) is 9.24. The maximum absolute atomic E-state index is 13.3. The van der Waals surface area contributed by atoms with E-state index in [0.717, 1.165) is 16.7 Å². The lowest BCUT2D eigenvalue weighted by Crippen LogP contribution is -2.43. The fraction of sp³-hybridized carbons (Fsp3) is 0.304. The lowest BCUT2D eigenvalue weighted by molar-refractivity contribution is -0.150. The van der Waals surface area contributed by atoms with Gasteiger partial charge in [-0.2, -0.15) is 0 Å². The van der Waals surface area contributed by atoms with Crippen molar-refractivity contribution < 1.29 is 19.1 Å². The maximum Gasteiger partial charge on any atom is 0.321 e. The Morgan fingerprint density at radius 2 is 1.81 bits per heavy atom. The van der Waals surface area contributed by atoms with Gasteiger partial charge in [0.2, 0.25) is 0 Å². The quantitative estimate of drug-likeness (QED) is 0.571. The van der Waals surface area contributed by atoms with Gasteiger partial charge in [0.25, 0.3) is 0 Å². The van der Waals surface area contributed by atoms with E-state index in [9.17, 15) is 9.59 Å². The number of rotatable bonds is 6. The molecular formula is C23H24O4. The topological polar surface area (TPSA) is 52.6 Å². The van der Waals surface area contributed by atoms with E-state index in [4.69, 9.17) is 9.47 Å². The molecule has 2 aromatic carbocycles. The molecule has 0 aromatic heterocycles. The van der Waals surface area contributed by atoms with Gasteiger partial charge in [0.05, 0.1) is 12.5 Å². The molecule has 0 heterocycles. The monoisotopic (exact) mass is 364 g/mol. The van der Waals surface area contributed by atoms with E-state index in [1.165, 1.54) is 0 Å². The van der Waals surface area contributed by atoms with Crippen LogP contribution >= 0.6 is 0 Å². The molecule has 2 aromatic rings. The van der Waals surface area contributed by atoms with E-state index in [2.05, 4.69) is 6.58 Å². The van der Waals surface area contributed by atoms with E-state index in [-0.39, 0.29) is 24.5 Å². The van der Waals surface area contributed by atoms with Gasteiger partial charge in [-0.25, -0.2) is 0 Å². The molecule has 2 unspecified atom stereocenters. The molecule has 140 valence electrons. The Balaban J connectivity index is 2.16. The van der Waals surface area contributed by atoms with Crippen LogP contribution in [0.4, 0.5) is 0 Å². The number of ether oxygens (including phenoxy) is 2. The van der Waals surface area contributed by atoms with Gasteiger partial charge in [-0.15, -0.1) is 0 Å². The summed E-state index contributed by atoms with van der Waals surface area (Å²) >= 11 is 0. The number of benzene rings is 2. The highest BCUT2D eigenvalue weighted by Crippen LogP contribution is 2.48. The van der Waals surface area contributed by atoms with Crippen molar-refractivity contribution in [1.82, 2.24) is 0 Å². The van der Waals surface area contributed by atoms with E-state index in [0.29, 0.717) is 19.4 Å². The Kier molecular flexibility index (Phi) is 5.75. The summed E-state index contributed by atoms with van der Waals surface area (Å²) in [6, 6.07) is 17.2. The summed E-state index contributed by atoms with van der Waals surface area (Å²) in [7, 11) is 0. The van der Waals surface area contributed by atoms with Crippen LogP contribution in [0.2, 0.25) is 0 Å². The summed E-state index contributed by atoms with van der Waals surface area (Å²) in [6.07, 6.45) is 2.56. The molecule has 0 saturated carbocycles. The third kappa shape index (κ3) is 3.39. The van der Waals surface area contributed by atoms with Crippen molar-refractivity contribution >= 4 is 11.9 Å². The van der Waals surface area contributed by atoms with Crippen LogP contribution in [0.5, 0.6) is 0 Å². The predicted octanol–water partition coefficient (Wildman–Crippen LogP) is 4.14. The SMILES string of the molecule is C=CCOC(=O)C1(c2ccccc2)CCC(C(=O)OCC)c2ccccc21. The lowest BCUT2D eigenvalue weighted by atomic mass is 9.63. The number of hydrogen-bond acceptors (Lipinski definition) is 4. The number of carbonyl (C=O) groups excluding carboxylic acids is 2. The third-order valence-corrected chi connectivity index (χ3v) is 5.12. The molecule has 0 fully saturated rings. The van der Waals surface area contributed by atoms with Crippen LogP contribution in [-0.2, 0) is 24.5 Å². The number of hydrogen-bond donors (Lipinski definition) is 0. The lowest BCUT2D eigenvalue weighted by Gasteiger charge is -2.39. The van der Waals surface area contributed by atoms with Crippen molar-refractivity contribution in [3.8, 4) is 0 Å². The van der Waals surface area contributed by atoms with Crippen molar-refractivity contribution in [2.24, 2.45) is 0 Å². The van der Waals surface area contributed by atoms with E-state index in [1.807, 2.05) is 54.6 Å². The van der Waals surface area contributed by atoms with Crippen LogP contribution in [0.3, 0.4) is 0 Å².